The molecule has 0 aliphatic rings. The number of aromatic nitrogens is 3. The number of nitrogens with two attached hydrogens (primary N) is 1. The third kappa shape index (κ3) is 2.25. The highest BCUT2D eigenvalue weighted by atomic mass is 16.5. The minimum absolute atomic E-state index is 0.457. The molecular formula is C16H18N4O. The quantitative estimate of drug-likeness (QED) is 0.802. The Kier molecular flexibility index (Phi) is 3.35. The molecule has 2 N–H and O–H groups in total. The predicted molar refractivity (Wildman–Crippen MR) is 82.4 cm³/mol. The van der Waals surface area contributed by atoms with E-state index in [0.717, 1.165) is 33.5 Å². The van der Waals surface area contributed by atoms with E-state index in [4.69, 9.17) is 10.5 Å². The van der Waals surface area contributed by atoms with E-state index in [1.807, 2.05) is 45.2 Å². The Labute approximate surface area is 123 Å². The van der Waals surface area contributed by atoms with Crippen molar-refractivity contribution in [3.8, 4) is 11.6 Å². The lowest BCUT2D eigenvalue weighted by Gasteiger charge is -2.10. The summed E-state index contributed by atoms with van der Waals surface area (Å²) in [6.07, 6.45) is 1.78. The summed E-state index contributed by atoms with van der Waals surface area (Å²) in [5.41, 5.74) is 8.61. The Hall–Kier alpha value is -2.40. The van der Waals surface area contributed by atoms with Crippen molar-refractivity contribution in [1.29, 1.82) is 0 Å². The molecule has 2 aromatic heterocycles. The average molecular weight is 282 g/mol. The van der Waals surface area contributed by atoms with Gasteiger partial charge >= 0.3 is 0 Å². The Balaban J connectivity index is 2.13. The van der Waals surface area contributed by atoms with Crippen molar-refractivity contribution < 1.29 is 4.74 Å². The molecule has 0 fully saturated rings. The topological polar surface area (TPSA) is 66.0 Å². The number of ether oxygens (including phenoxy) is 1. The van der Waals surface area contributed by atoms with Gasteiger partial charge in [-0.2, -0.15) is 5.10 Å². The lowest BCUT2D eigenvalue weighted by atomic mass is 10.1. The standard InChI is InChI=1S/C16H18N4O/c1-10-15(11(2)20(3)19-10)21-16-14-7-5-4-6-13(14)12(8-17)9-18-16/h4-7,9H,8,17H2,1-3H3. The Morgan fingerprint density at radius 1 is 1.19 bits per heavy atom. The molecule has 0 amide bonds. The van der Waals surface area contributed by atoms with Crippen LogP contribution in [0.5, 0.6) is 11.6 Å². The summed E-state index contributed by atoms with van der Waals surface area (Å²) >= 11 is 0. The van der Waals surface area contributed by atoms with Gasteiger partial charge in [-0.1, -0.05) is 18.2 Å². The first-order valence-electron chi connectivity index (χ1n) is 6.86. The summed E-state index contributed by atoms with van der Waals surface area (Å²) in [4.78, 5) is 4.43. The zero-order valence-corrected chi connectivity index (χ0v) is 12.4. The highest BCUT2D eigenvalue weighted by Gasteiger charge is 2.15. The van der Waals surface area contributed by atoms with Gasteiger partial charge in [0.1, 0.15) is 5.69 Å². The third-order valence-electron chi connectivity index (χ3n) is 3.70. The van der Waals surface area contributed by atoms with E-state index in [1.54, 1.807) is 10.9 Å². The van der Waals surface area contributed by atoms with Crippen LogP contribution in [0.4, 0.5) is 0 Å². The molecule has 108 valence electrons. The number of aryl methyl sites for hydroxylation is 2. The second kappa shape index (κ2) is 5.18. The van der Waals surface area contributed by atoms with Crippen LogP contribution >= 0.6 is 0 Å². The molecule has 0 aliphatic heterocycles. The normalized spacial score (nSPS) is 11.0. The Morgan fingerprint density at radius 3 is 2.52 bits per heavy atom. The summed E-state index contributed by atoms with van der Waals surface area (Å²) in [5.74, 6) is 1.35. The summed E-state index contributed by atoms with van der Waals surface area (Å²) in [5, 5.41) is 6.40. The average Bonchev–Trinajstić information content (AvgIpc) is 2.74. The van der Waals surface area contributed by atoms with Crippen LogP contribution in [0, 0.1) is 13.8 Å². The molecule has 21 heavy (non-hydrogen) atoms. The number of rotatable bonds is 3. The first-order chi connectivity index (χ1) is 10.1. The molecule has 2 heterocycles. The van der Waals surface area contributed by atoms with Crippen LogP contribution in [0.1, 0.15) is 17.0 Å². The van der Waals surface area contributed by atoms with E-state index in [0.29, 0.717) is 12.4 Å². The van der Waals surface area contributed by atoms with Crippen LogP contribution < -0.4 is 10.5 Å². The Bertz CT molecular complexity index is 807. The van der Waals surface area contributed by atoms with Crippen LogP contribution in [0.3, 0.4) is 0 Å². The lowest BCUT2D eigenvalue weighted by Crippen LogP contribution is -2.00. The minimum atomic E-state index is 0.457. The molecule has 1 aromatic carbocycles. The van der Waals surface area contributed by atoms with Crippen molar-refractivity contribution in [2.45, 2.75) is 20.4 Å². The Morgan fingerprint density at radius 2 is 1.90 bits per heavy atom. The monoisotopic (exact) mass is 282 g/mol. The van der Waals surface area contributed by atoms with Gasteiger partial charge in [-0.05, 0) is 30.9 Å². The molecule has 3 aromatic rings. The van der Waals surface area contributed by atoms with Gasteiger partial charge in [0.05, 0.1) is 5.69 Å². The fourth-order valence-electron chi connectivity index (χ4n) is 2.47. The molecule has 0 bridgehead atoms. The fourth-order valence-corrected chi connectivity index (χ4v) is 2.47. The third-order valence-corrected chi connectivity index (χ3v) is 3.70. The van der Waals surface area contributed by atoms with Crippen LogP contribution in [-0.2, 0) is 13.6 Å². The number of hydrogen-bond acceptors (Lipinski definition) is 4. The van der Waals surface area contributed by atoms with Gasteiger partial charge in [0, 0.05) is 25.2 Å². The largest absolute Gasteiger partial charge is 0.434 e. The van der Waals surface area contributed by atoms with Crippen LogP contribution in [0.2, 0.25) is 0 Å². The fraction of sp³-hybridized carbons (Fsp3) is 0.250. The predicted octanol–water partition coefficient (Wildman–Crippen LogP) is 2.84. The maximum Gasteiger partial charge on any atom is 0.227 e. The molecule has 5 heteroatoms. The molecule has 5 nitrogen and oxygen atoms in total. The highest BCUT2D eigenvalue weighted by molar-refractivity contribution is 5.89. The summed E-state index contributed by atoms with van der Waals surface area (Å²) in [6.45, 7) is 4.36. The van der Waals surface area contributed by atoms with Crippen molar-refractivity contribution in [3.63, 3.8) is 0 Å². The number of hydrogen-bond donors (Lipinski definition) is 1. The van der Waals surface area contributed by atoms with Gasteiger partial charge < -0.3 is 10.5 Å². The van der Waals surface area contributed by atoms with Crippen molar-refractivity contribution in [2.24, 2.45) is 12.8 Å². The molecule has 0 radical (unpaired) electrons. The molecule has 3 rings (SSSR count). The SMILES string of the molecule is Cc1nn(C)c(C)c1Oc1ncc(CN)c2ccccc12. The van der Waals surface area contributed by atoms with Crippen LogP contribution in [0.25, 0.3) is 10.8 Å². The number of fused-ring (bicyclic) bond motifs is 1. The van der Waals surface area contributed by atoms with E-state index >= 15 is 0 Å². The van der Waals surface area contributed by atoms with E-state index in [-0.39, 0.29) is 0 Å². The van der Waals surface area contributed by atoms with Crippen molar-refractivity contribution in [1.82, 2.24) is 14.8 Å². The summed E-state index contributed by atoms with van der Waals surface area (Å²) < 4.78 is 7.84. The first-order valence-corrected chi connectivity index (χ1v) is 6.86. The maximum absolute atomic E-state index is 6.04. The minimum Gasteiger partial charge on any atom is -0.434 e. The zero-order chi connectivity index (χ0) is 15.0. The van der Waals surface area contributed by atoms with E-state index in [2.05, 4.69) is 10.1 Å². The van der Waals surface area contributed by atoms with Crippen molar-refractivity contribution >= 4 is 10.8 Å². The van der Waals surface area contributed by atoms with Gasteiger partial charge in [-0.25, -0.2) is 4.98 Å². The molecule has 0 aliphatic carbocycles. The zero-order valence-electron chi connectivity index (χ0n) is 12.4. The van der Waals surface area contributed by atoms with Crippen LogP contribution in [0.15, 0.2) is 30.5 Å². The van der Waals surface area contributed by atoms with Gasteiger partial charge in [0.2, 0.25) is 5.88 Å². The number of pyridine rings is 1. The first kappa shape index (κ1) is 13.6. The number of benzene rings is 1. The van der Waals surface area contributed by atoms with Crippen molar-refractivity contribution in [2.75, 3.05) is 0 Å². The van der Waals surface area contributed by atoms with E-state index in [9.17, 15) is 0 Å². The molecular weight excluding hydrogens is 264 g/mol. The lowest BCUT2D eigenvalue weighted by molar-refractivity contribution is 0.461. The van der Waals surface area contributed by atoms with Crippen LogP contribution in [-0.4, -0.2) is 14.8 Å². The highest BCUT2D eigenvalue weighted by Crippen LogP contribution is 2.32. The second-order valence-electron chi connectivity index (χ2n) is 5.06. The van der Waals surface area contributed by atoms with E-state index < -0.39 is 0 Å². The van der Waals surface area contributed by atoms with E-state index in [1.165, 1.54) is 0 Å². The summed E-state index contributed by atoms with van der Waals surface area (Å²) in [7, 11) is 1.90. The molecule has 0 saturated heterocycles. The maximum atomic E-state index is 6.04. The molecule has 0 unspecified atom stereocenters. The van der Waals surface area contributed by atoms with Gasteiger partial charge in [0.25, 0.3) is 0 Å². The smallest absolute Gasteiger partial charge is 0.227 e. The van der Waals surface area contributed by atoms with Crippen molar-refractivity contribution in [3.05, 3.63) is 47.4 Å². The molecule has 0 saturated carbocycles. The van der Waals surface area contributed by atoms with Gasteiger partial charge in [-0.3, -0.25) is 4.68 Å². The molecule has 0 spiro atoms. The van der Waals surface area contributed by atoms with Gasteiger partial charge in [0.15, 0.2) is 5.75 Å². The van der Waals surface area contributed by atoms with Gasteiger partial charge in [-0.15, -0.1) is 0 Å². The molecule has 0 atom stereocenters. The second-order valence-corrected chi connectivity index (χ2v) is 5.06. The summed E-state index contributed by atoms with van der Waals surface area (Å²) in [6, 6.07) is 8.00. The number of nitrogens with zero attached hydrogens (tertiary/aromatic N) is 3.